The van der Waals surface area contributed by atoms with E-state index in [1.807, 2.05) is 42.5 Å². The summed E-state index contributed by atoms with van der Waals surface area (Å²) < 4.78 is 6.32. The fourth-order valence-electron chi connectivity index (χ4n) is 1.71. The van der Waals surface area contributed by atoms with Crippen LogP contribution in [0.5, 0.6) is 5.75 Å². The molecule has 0 aliphatic rings. The van der Waals surface area contributed by atoms with E-state index in [0.29, 0.717) is 18.0 Å². The highest BCUT2D eigenvalue weighted by Crippen LogP contribution is 2.21. The molecular formula is C15H15BrN2O2. The van der Waals surface area contributed by atoms with E-state index in [0.717, 1.165) is 10.0 Å². The number of anilines is 1. The van der Waals surface area contributed by atoms with Crippen molar-refractivity contribution in [2.45, 2.75) is 6.54 Å². The Kier molecular flexibility index (Phi) is 5.15. The van der Waals surface area contributed by atoms with E-state index in [2.05, 4.69) is 21.2 Å². The number of para-hydroxylation sites is 2. The average Bonchev–Trinajstić information content (AvgIpc) is 2.48. The van der Waals surface area contributed by atoms with Crippen LogP contribution < -0.4 is 15.8 Å². The Labute approximate surface area is 126 Å². The number of nitrogens with one attached hydrogen (secondary N) is 1. The van der Waals surface area contributed by atoms with Crippen LogP contribution in [0.15, 0.2) is 53.0 Å². The monoisotopic (exact) mass is 334 g/mol. The van der Waals surface area contributed by atoms with Crippen LogP contribution in [0.4, 0.5) is 5.69 Å². The van der Waals surface area contributed by atoms with Crippen molar-refractivity contribution in [3.63, 3.8) is 0 Å². The SMILES string of the molecule is NCc1ccccc1OCC(=O)Nc1ccccc1Br. The zero-order valence-electron chi connectivity index (χ0n) is 10.8. The lowest BCUT2D eigenvalue weighted by atomic mass is 10.2. The maximum Gasteiger partial charge on any atom is 0.262 e. The highest BCUT2D eigenvalue weighted by molar-refractivity contribution is 9.10. The fraction of sp³-hybridized carbons (Fsp3) is 0.133. The molecule has 4 nitrogen and oxygen atoms in total. The number of halogens is 1. The van der Waals surface area contributed by atoms with Crippen molar-refractivity contribution in [1.82, 2.24) is 0 Å². The number of ether oxygens (including phenoxy) is 1. The molecule has 0 radical (unpaired) electrons. The molecule has 0 aromatic heterocycles. The number of carbonyl (C=O) groups is 1. The van der Waals surface area contributed by atoms with Gasteiger partial charge in [-0.1, -0.05) is 30.3 Å². The highest BCUT2D eigenvalue weighted by atomic mass is 79.9. The Bertz CT molecular complexity index is 602. The summed E-state index contributed by atoms with van der Waals surface area (Å²) in [6.45, 7) is 0.320. The van der Waals surface area contributed by atoms with E-state index >= 15 is 0 Å². The minimum atomic E-state index is -0.219. The van der Waals surface area contributed by atoms with Crippen molar-refractivity contribution < 1.29 is 9.53 Å². The molecule has 0 aliphatic carbocycles. The van der Waals surface area contributed by atoms with Gasteiger partial charge in [0.1, 0.15) is 5.75 Å². The van der Waals surface area contributed by atoms with Crippen LogP contribution in [0.2, 0.25) is 0 Å². The van der Waals surface area contributed by atoms with Gasteiger partial charge in [-0.15, -0.1) is 0 Å². The Morgan fingerprint density at radius 3 is 2.60 bits per heavy atom. The van der Waals surface area contributed by atoms with Crippen LogP contribution in [-0.2, 0) is 11.3 Å². The molecule has 0 fully saturated rings. The second-order valence-electron chi connectivity index (χ2n) is 4.13. The van der Waals surface area contributed by atoms with Gasteiger partial charge in [0, 0.05) is 16.6 Å². The van der Waals surface area contributed by atoms with Crippen LogP contribution in [0.1, 0.15) is 5.56 Å². The largest absolute Gasteiger partial charge is 0.483 e. The van der Waals surface area contributed by atoms with Gasteiger partial charge in [0.05, 0.1) is 5.69 Å². The maximum absolute atomic E-state index is 11.8. The van der Waals surface area contributed by atoms with Crippen molar-refractivity contribution in [2.24, 2.45) is 5.73 Å². The number of carbonyl (C=O) groups excluding carboxylic acids is 1. The van der Waals surface area contributed by atoms with Crippen molar-refractivity contribution in [2.75, 3.05) is 11.9 Å². The molecular weight excluding hydrogens is 320 g/mol. The van der Waals surface area contributed by atoms with Crippen LogP contribution in [0.25, 0.3) is 0 Å². The normalized spacial score (nSPS) is 10.1. The summed E-state index contributed by atoms with van der Waals surface area (Å²) >= 11 is 3.37. The first-order valence-corrected chi connectivity index (χ1v) is 6.95. The van der Waals surface area contributed by atoms with Gasteiger partial charge in [-0.25, -0.2) is 0 Å². The molecule has 2 aromatic rings. The third-order valence-electron chi connectivity index (χ3n) is 2.70. The van der Waals surface area contributed by atoms with Crippen molar-refractivity contribution in [1.29, 1.82) is 0 Å². The highest BCUT2D eigenvalue weighted by Gasteiger charge is 2.07. The summed E-state index contributed by atoms with van der Waals surface area (Å²) in [6, 6.07) is 14.8. The summed E-state index contributed by atoms with van der Waals surface area (Å²) in [6.07, 6.45) is 0. The zero-order valence-corrected chi connectivity index (χ0v) is 12.4. The van der Waals surface area contributed by atoms with Gasteiger partial charge in [0.25, 0.3) is 5.91 Å². The van der Waals surface area contributed by atoms with Crippen molar-refractivity contribution >= 4 is 27.5 Å². The summed E-state index contributed by atoms with van der Waals surface area (Å²) in [4.78, 5) is 11.8. The van der Waals surface area contributed by atoms with E-state index in [9.17, 15) is 4.79 Å². The summed E-state index contributed by atoms with van der Waals surface area (Å²) in [7, 11) is 0. The van der Waals surface area contributed by atoms with Gasteiger partial charge in [0.15, 0.2) is 6.61 Å². The molecule has 20 heavy (non-hydrogen) atoms. The minimum Gasteiger partial charge on any atom is -0.483 e. The lowest BCUT2D eigenvalue weighted by Gasteiger charge is -2.11. The molecule has 0 aliphatic heterocycles. The van der Waals surface area contributed by atoms with E-state index in [1.165, 1.54) is 0 Å². The first kappa shape index (κ1) is 14.6. The first-order valence-electron chi connectivity index (χ1n) is 6.16. The molecule has 0 bridgehead atoms. The minimum absolute atomic E-state index is 0.0572. The fourth-order valence-corrected chi connectivity index (χ4v) is 2.09. The number of hydrogen-bond acceptors (Lipinski definition) is 3. The Morgan fingerprint density at radius 1 is 1.15 bits per heavy atom. The molecule has 2 aromatic carbocycles. The standard InChI is InChI=1S/C15H15BrN2O2/c16-12-6-2-3-7-13(12)18-15(19)10-20-14-8-4-1-5-11(14)9-17/h1-8H,9-10,17H2,(H,18,19). The Morgan fingerprint density at radius 2 is 1.85 bits per heavy atom. The summed E-state index contributed by atoms with van der Waals surface area (Å²) in [5, 5.41) is 2.78. The van der Waals surface area contributed by atoms with Gasteiger partial charge < -0.3 is 15.8 Å². The molecule has 0 atom stereocenters. The van der Waals surface area contributed by atoms with E-state index in [-0.39, 0.29) is 12.5 Å². The molecule has 0 saturated heterocycles. The Hall–Kier alpha value is -1.85. The van der Waals surface area contributed by atoms with Gasteiger partial charge in [-0.2, -0.15) is 0 Å². The predicted molar refractivity (Wildman–Crippen MR) is 82.6 cm³/mol. The molecule has 2 rings (SSSR count). The number of rotatable bonds is 5. The topological polar surface area (TPSA) is 64.3 Å². The van der Waals surface area contributed by atoms with E-state index in [1.54, 1.807) is 6.07 Å². The molecule has 0 unspecified atom stereocenters. The maximum atomic E-state index is 11.8. The van der Waals surface area contributed by atoms with Gasteiger partial charge >= 0.3 is 0 Å². The second-order valence-corrected chi connectivity index (χ2v) is 4.98. The average molecular weight is 335 g/mol. The molecule has 5 heteroatoms. The predicted octanol–water partition coefficient (Wildman–Crippen LogP) is 2.93. The number of amides is 1. The van der Waals surface area contributed by atoms with E-state index in [4.69, 9.17) is 10.5 Å². The van der Waals surface area contributed by atoms with Crippen molar-refractivity contribution in [3.05, 3.63) is 58.6 Å². The first-order chi connectivity index (χ1) is 9.70. The lowest BCUT2D eigenvalue weighted by molar-refractivity contribution is -0.118. The van der Waals surface area contributed by atoms with Gasteiger partial charge in [0.2, 0.25) is 0 Å². The van der Waals surface area contributed by atoms with Gasteiger partial charge in [-0.05, 0) is 34.1 Å². The van der Waals surface area contributed by atoms with Crippen LogP contribution in [0.3, 0.4) is 0 Å². The summed E-state index contributed by atoms with van der Waals surface area (Å²) in [5.41, 5.74) is 7.21. The third kappa shape index (κ3) is 3.82. The van der Waals surface area contributed by atoms with Crippen LogP contribution in [-0.4, -0.2) is 12.5 Å². The molecule has 0 heterocycles. The molecule has 0 spiro atoms. The molecule has 0 saturated carbocycles. The third-order valence-corrected chi connectivity index (χ3v) is 3.39. The number of hydrogen-bond donors (Lipinski definition) is 2. The molecule has 1 amide bonds. The zero-order chi connectivity index (χ0) is 14.4. The van der Waals surface area contributed by atoms with Crippen molar-refractivity contribution in [3.8, 4) is 5.75 Å². The van der Waals surface area contributed by atoms with Crippen LogP contribution >= 0.6 is 15.9 Å². The summed E-state index contributed by atoms with van der Waals surface area (Å²) in [5.74, 6) is 0.418. The molecule has 104 valence electrons. The van der Waals surface area contributed by atoms with Gasteiger partial charge in [-0.3, -0.25) is 4.79 Å². The van der Waals surface area contributed by atoms with E-state index < -0.39 is 0 Å². The smallest absolute Gasteiger partial charge is 0.262 e. The second kappa shape index (κ2) is 7.07. The molecule has 3 N–H and O–H groups in total. The van der Waals surface area contributed by atoms with Crippen LogP contribution in [0, 0.1) is 0 Å². The number of nitrogens with two attached hydrogens (primary N) is 1. The quantitative estimate of drug-likeness (QED) is 0.883. The lowest BCUT2D eigenvalue weighted by Crippen LogP contribution is -2.20. The Balaban J connectivity index is 1.94. The number of benzene rings is 2.